The molecule has 19 N–H and O–H groups in total. The smallest absolute Gasteiger partial charge is 0.315 e. The minimum Gasteiger partial charge on any atom is -0.420 e. The van der Waals surface area contributed by atoms with E-state index in [4.69, 9.17) is 71.1 Å². The number of methoxy groups -OCH3 is 3. The molecule has 15 atom stereocenters. The molecule has 0 saturated carbocycles. The highest BCUT2D eigenvalue weighted by molar-refractivity contribution is 5.80. The maximum absolute atomic E-state index is 14.2. The molecule has 3 saturated heterocycles. The molecule has 806 valence electrons. The zero-order valence-electron chi connectivity index (χ0n) is 79.7. The molecule has 57 heteroatoms. The molecule has 3 aliphatic heterocycles. The van der Waals surface area contributed by atoms with Gasteiger partial charge in [0, 0.05) is 98.2 Å². The molecule has 0 aliphatic carbocycles. The molecule has 6 heterocycles. The van der Waals surface area contributed by atoms with E-state index in [1.54, 1.807) is 32.6 Å². The first-order valence-electron chi connectivity index (χ1n) is 46.8. The second-order valence-corrected chi connectivity index (χ2v) is 32.9. The zero-order chi connectivity index (χ0) is 103. The zero-order valence-corrected chi connectivity index (χ0v) is 79.7. The van der Waals surface area contributed by atoms with Gasteiger partial charge in [0.15, 0.2) is 18.9 Å². The number of rotatable bonds is 73. The number of aromatic nitrogens is 9. The number of urea groups is 3. The Morgan fingerprint density at radius 3 is 0.944 bits per heavy atom. The molecule has 4 aromatic rings. The van der Waals surface area contributed by atoms with E-state index in [-0.39, 0.29) is 216 Å². The maximum atomic E-state index is 14.2. The first kappa shape index (κ1) is 119. The summed E-state index contributed by atoms with van der Waals surface area (Å²) in [7, 11) is 3.85. The van der Waals surface area contributed by atoms with Crippen molar-refractivity contribution in [2.24, 2.45) is 0 Å². The van der Waals surface area contributed by atoms with Crippen LogP contribution in [0.25, 0.3) is 0 Å². The van der Waals surface area contributed by atoms with Gasteiger partial charge in [-0.2, -0.15) is 8.78 Å². The normalized spacial score (nSPS) is 21.3. The van der Waals surface area contributed by atoms with Crippen molar-refractivity contribution in [3.63, 3.8) is 0 Å². The predicted molar refractivity (Wildman–Crippen MR) is 475 cm³/mol. The molecule has 10 amide bonds. The van der Waals surface area contributed by atoms with E-state index in [9.17, 15) is 106 Å². The number of ether oxygens (including phenoxy) is 16. The van der Waals surface area contributed by atoms with Gasteiger partial charge >= 0.3 is 24.1 Å². The van der Waals surface area contributed by atoms with E-state index in [0.717, 1.165) is 0 Å². The van der Waals surface area contributed by atoms with Gasteiger partial charge in [-0.3, -0.25) is 24.0 Å². The fourth-order valence-electron chi connectivity index (χ4n) is 14.6. The Morgan fingerprint density at radius 1 is 0.352 bits per heavy atom. The van der Waals surface area contributed by atoms with Crippen LogP contribution in [0.2, 0.25) is 0 Å². The van der Waals surface area contributed by atoms with Gasteiger partial charge in [0.1, 0.15) is 90.1 Å². The van der Waals surface area contributed by atoms with Crippen molar-refractivity contribution in [3.8, 4) is 5.75 Å². The molecule has 1 aromatic carbocycles. The number of carbonyl (C=O) groups is 8. The Morgan fingerprint density at radius 2 is 0.634 bits per heavy atom. The van der Waals surface area contributed by atoms with Crippen LogP contribution in [-0.4, -0.2) is 416 Å². The Hall–Kier alpha value is -9.51. The highest BCUT2D eigenvalue weighted by atomic mass is 19.2. The number of nitrogens with one attached hydrogen (secondary N) is 10. The Labute approximate surface area is 814 Å². The number of benzene rings is 1. The third kappa shape index (κ3) is 43.0. The summed E-state index contributed by atoms with van der Waals surface area (Å²) in [5.41, 5.74) is 0.178. The molecule has 0 radical (unpaired) electrons. The number of aliphatic hydroxyl groups is 9. The van der Waals surface area contributed by atoms with Gasteiger partial charge in [0.25, 0.3) is 0 Å². The van der Waals surface area contributed by atoms with Gasteiger partial charge in [-0.15, -0.1) is 15.3 Å². The quantitative estimate of drug-likeness (QED) is 0.00495. The number of aliphatic hydroxyl groups excluding tert-OH is 9. The lowest BCUT2D eigenvalue weighted by Gasteiger charge is -2.41. The monoisotopic (exact) mass is 2050 g/mol. The van der Waals surface area contributed by atoms with E-state index < -0.39 is 200 Å². The van der Waals surface area contributed by atoms with Crippen molar-refractivity contribution in [1.82, 2.24) is 98.1 Å². The van der Waals surface area contributed by atoms with Crippen molar-refractivity contribution < 1.29 is 182 Å². The number of nitrogens with zero attached hydrogens (tertiary/aromatic N) is 9. The fraction of sp³-hybridized carbons (Fsp3) is 0.765. The number of halogens is 5. The van der Waals surface area contributed by atoms with E-state index in [2.05, 4.69) is 88.8 Å². The fourth-order valence-corrected chi connectivity index (χ4v) is 14.6. The van der Waals surface area contributed by atoms with Gasteiger partial charge in [-0.1, -0.05) is 54.2 Å². The average molecular weight is 2050 g/mol. The number of carbonyl (C=O) groups excluding carboxylic acids is 8. The number of amides is 10. The topological polar surface area (TPSA) is 679 Å². The molecule has 0 unspecified atom stereocenters. The van der Waals surface area contributed by atoms with Gasteiger partial charge < -0.3 is 175 Å². The Bertz CT molecular complexity index is 3970. The molecule has 3 aromatic heterocycles. The minimum absolute atomic E-state index is 0.0153. The maximum Gasteiger partial charge on any atom is 0.315 e. The molecule has 0 spiro atoms. The van der Waals surface area contributed by atoms with Crippen molar-refractivity contribution in [1.29, 1.82) is 0 Å². The van der Waals surface area contributed by atoms with Crippen LogP contribution in [0, 0.1) is 29.1 Å². The van der Waals surface area contributed by atoms with Crippen molar-refractivity contribution >= 4 is 47.7 Å². The van der Waals surface area contributed by atoms with Crippen LogP contribution in [0.3, 0.4) is 0 Å². The van der Waals surface area contributed by atoms with Gasteiger partial charge in [-0.25, -0.2) is 41.6 Å². The van der Waals surface area contributed by atoms with Crippen LogP contribution in [0.5, 0.6) is 5.75 Å². The molecule has 52 nitrogen and oxygen atoms in total. The highest BCUT2D eigenvalue weighted by Gasteiger charge is 2.48. The summed E-state index contributed by atoms with van der Waals surface area (Å²) in [5, 5.41) is 142. The SMILES string of the molecule is CO[C@@H]1O[C@H](CO)[C@H](O)[C@H](O)[C@H]1NC(=O)NCCOCc1cn(CCOCCOCCNC(=O)CCC(CCC(=O)NCCOCCOCCn2cc(COCCNC(=O)N[C@H]3[C@H](OC)O[C@H](CO)[C@H](O)[C@@H]3O)nn2)(CCC(=O)NCCOCCOCCn2cc(COCCNC(=O)N[C@H]3[C@H](OC)O[C@H](CO)[C@H](O)[C@@H]3O)nn2)NC(=O)CCCCCCCCCCC(=O)Oc2c(F)c(F)c(F)c(F)c2F)nn1. The summed E-state index contributed by atoms with van der Waals surface area (Å²) in [4.78, 5) is 105. The molecule has 3 fully saturated rings. The molecule has 7 rings (SSSR count). The first-order valence-corrected chi connectivity index (χ1v) is 46.8. The lowest BCUT2D eigenvalue weighted by Crippen LogP contribution is -2.65. The van der Waals surface area contributed by atoms with Crippen LogP contribution in [0.1, 0.15) is 120 Å². The summed E-state index contributed by atoms with van der Waals surface area (Å²) < 4.78 is 161. The number of hydrogen-bond donors (Lipinski definition) is 19. The van der Waals surface area contributed by atoms with Crippen LogP contribution >= 0.6 is 0 Å². The first-order chi connectivity index (χ1) is 68.5. The highest BCUT2D eigenvalue weighted by Crippen LogP contribution is 2.32. The summed E-state index contributed by atoms with van der Waals surface area (Å²) in [6.45, 7) is 2.07. The second-order valence-electron chi connectivity index (χ2n) is 32.9. The molecular formula is C85H138F5N19O33. The van der Waals surface area contributed by atoms with E-state index >= 15 is 0 Å². The number of unbranched alkanes of at least 4 members (excludes halogenated alkanes) is 7. The molecule has 3 aliphatic rings. The summed E-state index contributed by atoms with van der Waals surface area (Å²) in [6.07, 6.45) is -7.12. The average Bonchev–Trinajstić information content (AvgIpc) is 1.35. The molecule has 0 bridgehead atoms. The lowest BCUT2D eigenvalue weighted by molar-refractivity contribution is -0.261. The summed E-state index contributed by atoms with van der Waals surface area (Å²) in [5.74, 6) is -16.0. The van der Waals surface area contributed by atoms with Crippen molar-refractivity contribution in [2.75, 3.05) is 180 Å². The number of esters is 1. The predicted octanol–water partition coefficient (Wildman–Crippen LogP) is -4.48. The van der Waals surface area contributed by atoms with Gasteiger partial charge in [-0.05, 0) is 32.1 Å². The van der Waals surface area contributed by atoms with E-state index in [1.165, 1.54) is 21.3 Å². The second kappa shape index (κ2) is 67.2. The van der Waals surface area contributed by atoms with Crippen LogP contribution < -0.4 is 57.9 Å². The largest absolute Gasteiger partial charge is 0.420 e. The van der Waals surface area contributed by atoms with Crippen LogP contribution in [0.4, 0.5) is 36.3 Å². The van der Waals surface area contributed by atoms with E-state index in [1.807, 2.05) is 0 Å². The van der Waals surface area contributed by atoms with Crippen molar-refractivity contribution in [2.45, 2.75) is 240 Å². The van der Waals surface area contributed by atoms with Crippen LogP contribution in [-0.2, 0) is 134 Å². The third-order valence-electron chi connectivity index (χ3n) is 22.4. The molecular weight excluding hydrogens is 1910 g/mol. The van der Waals surface area contributed by atoms with Gasteiger partial charge in [0.2, 0.25) is 58.5 Å². The standard InChI is InChI=1S/C85H138F5N19O33/c1-127-79-69(75(121)72(118)56(47-110)139-79)97-82(124)94-23-32-136-50-53-44-107(104-101-53)26-35-133-41-38-130-29-20-91-59(113)14-17-85(100-62(116)12-10-8-6-4-5-7-9-11-13-63(117)142-78-67(89)65(87)64(86)66(88)68(78)90,18-15-60(114)92-21-30-131-39-42-134-36-27-108-45-54(102-105-108)51-137-33-24-95-83(125)98-70-76(122)73(119)57(48-111)140-80(70)128-2)19-16-61(115)93-22-31-132-40-43-135-37-28-109-46-55(103-106-109)52-138-34-25-96-84(126)99-71-77(123)74(120)58(49-112)141-81(71)129-3/h44-46,56-58,69-77,79-81,110-112,118-123H,4-43,47-52H2,1-3H3,(H,91,113)(H,92,114)(H,93,115)(H,100,116)(H2,94,97,124)(H2,95,98,125)(H2,96,99,126)/t56-,57-,58-,69-,70-,71-,72+,73+,74+,75-,76-,77-,79-,80-,81-/m1/s1. The lowest BCUT2D eigenvalue weighted by atomic mass is 9.82. The Kier molecular flexibility index (Phi) is 56.5. The molecule has 142 heavy (non-hydrogen) atoms. The third-order valence-corrected chi connectivity index (χ3v) is 22.4. The minimum atomic E-state index is -2.39. The summed E-state index contributed by atoms with van der Waals surface area (Å²) in [6, 6.07) is -5.50. The van der Waals surface area contributed by atoms with Crippen LogP contribution in [0.15, 0.2) is 18.6 Å². The van der Waals surface area contributed by atoms with Crippen molar-refractivity contribution in [3.05, 3.63) is 64.8 Å². The Balaban J connectivity index is 0.848. The summed E-state index contributed by atoms with van der Waals surface area (Å²) >= 11 is 0. The van der Waals surface area contributed by atoms with Gasteiger partial charge in [0.05, 0.1) is 177 Å². The van der Waals surface area contributed by atoms with E-state index in [0.29, 0.717) is 81.7 Å². The number of hydrogen-bond acceptors (Lipinski definition) is 39.